The van der Waals surface area contributed by atoms with Crippen LogP contribution in [0.1, 0.15) is 35.7 Å². The maximum absolute atomic E-state index is 13.2. The molecule has 0 aliphatic carbocycles. The summed E-state index contributed by atoms with van der Waals surface area (Å²) in [4.78, 5) is 32.0. The summed E-state index contributed by atoms with van der Waals surface area (Å²) >= 11 is 0. The Bertz CT molecular complexity index is 1250. The van der Waals surface area contributed by atoms with Crippen molar-refractivity contribution in [3.05, 3.63) is 41.6 Å². The number of carbonyl (C=O) groups excluding carboxylic acids is 2. The Morgan fingerprint density at radius 2 is 2.15 bits per heavy atom. The van der Waals surface area contributed by atoms with Gasteiger partial charge >= 0.3 is 0 Å². The van der Waals surface area contributed by atoms with E-state index in [2.05, 4.69) is 32.1 Å². The fourth-order valence-electron chi connectivity index (χ4n) is 4.45. The van der Waals surface area contributed by atoms with E-state index in [0.717, 1.165) is 29.8 Å². The lowest BCUT2D eigenvalue weighted by Crippen LogP contribution is -2.51. The molecule has 1 fully saturated rings. The summed E-state index contributed by atoms with van der Waals surface area (Å²) in [7, 11) is 3.52. The highest BCUT2D eigenvalue weighted by atomic mass is 16.5. The predicted octanol–water partition coefficient (Wildman–Crippen LogP) is 2.19. The predicted molar refractivity (Wildman–Crippen MR) is 124 cm³/mol. The summed E-state index contributed by atoms with van der Waals surface area (Å²) in [5, 5.41) is 13.7. The molecule has 3 N–H and O–H groups in total. The normalized spacial score (nSPS) is 19.8. The van der Waals surface area contributed by atoms with Gasteiger partial charge in [0.1, 0.15) is 28.5 Å². The number of ether oxygens (including phenoxy) is 1. The van der Waals surface area contributed by atoms with E-state index in [4.69, 9.17) is 4.74 Å². The first-order valence-corrected chi connectivity index (χ1v) is 11.1. The number of amides is 2. The zero-order chi connectivity index (χ0) is 23.2. The van der Waals surface area contributed by atoms with Crippen molar-refractivity contribution in [2.45, 2.75) is 31.7 Å². The minimum absolute atomic E-state index is 0.104. The molecule has 2 aromatic heterocycles. The van der Waals surface area contributed by atoms with Gasteiger partial charge in [0, 0.05) is 26.7 Å². The van der Waals surface area contributed by atoms with Crippen molar-refractivity contribution in [3.8, 4) is 5.75 Å². The largest absolute Gasteiger partial charge is 0.491 e. The molecule has 0 unspecified atom stereocenters. The fraction of sp³-hybridized carbons (Fsp3) is 0.391. The van der Waals surface area contributed by atoms with Gasteiger partial charge in [0.15, 0.2) is 5.65 Å². The highest BCUT2D eigenvalue weighted by Gasteiger charge is 2.42. The molecule has 5 rings (SSSR count). The number of carbonyl (C=O) groups is 2. The highest BCUT2D eigenvalue weighted by molar-refractivity contribution is 6.03. The number of rotatable bonds is 5. The molecule has 1 atom stereocenters. The number of likely N-dealkylation sites (tertiary alicyclic amines) is 1. The third-order valence-electron chi connectivity index (χ3n) is 6.32. The molecule has 0 bridgehead atoms. The number of para-hydroxylation sites is 1. The maximum atomic E-state index is 13.2. The lowest BCUT2D eigenvalue weighted by molar-refractivity contribution is -0.131. The zero-order valence-corrected chi connectivity index (χ0v) is 18.9. The molecule has 1 aromatic carbocycles. The van der Waals surface area contributed by atoms with Gasteiger partial charge in [-0.2, -0.15) is 9.61 Å². The zero-order valence-electron chi connectivity index (χ0n) is 18.9. The minimum Gasteiger partial charge on any atom is -0.491 e. The number of anilines is 3. The number of nitrogens with zero attached hydrogens (tertiary/aromatic N) is 4. The van der Waals surface area contributed by atoms with Crippen LogP contribution >= 0.6 is 0 Å². The van der Waals surface area contributed by atoms with Crippen LogP contribution in [0.5, 0.6) is 5.75 Å². The summed E-state index contributed by atoms with van der Waals surface area (Å²) < 4.78 is 7.47. The second kappa shape index (κ2) is 7.95. The standard InChI is InChI=1S/C23H27N7O3/c1-23(9-10-29(3)22(23)32)28-21(31)15-13-25-30-18(24-2)12-17(27-20(15)30)26-16-8-4-6-14-7-5-11-33-19(14)16/h4,6,8,12-13,24H,5,7,9-11H2,1-3H3,(H,26,27)(H,28,31)/t23-/m1/s1. The molecule has 2 aliphatic heterocycles. The Morgan fingerprint density at radius 1 is 1.30 bits per heavy atom. The maximum Gasteiger partial charge on any atom is 0.257 e. The van der Waals surface area contributed by atoms with Crippen LogP contribution in [0.2, 0.25) is 0 Å². The van der Waals surface area contributed by atoms with Gasteiger partial charge in [0.2, 0.25) is 5.91 Å². The average molecular weight is 450 g/mol. The molecule has 0 saturated carbocycles. The van der Waals surface area contributed by atoms with Gasteiger partial charge in [0.25, 0.3) is 5.91 Å². The molecule has 3 aromatic rings. The van der Waals surface area contributed by atoms with Crippen molar-refractivity contribution in [1.82, 2.24) is 24.8 Å². The van der Waals surface area contributed by atoms with Crippen molar-refractivity contribution < 1.29 is 14.3 Å². The lowest BCUT2D eigenvalue weighted by Gasteiger charge is -2.23. The average Bonchev–Trinajstić information content (AvgIpc) is 3.36. The van der Waals surface area contributed by atoms with Crippen LogP contribution in [0.4, 0.5) is 17.3 Å². The second-order valence-corrected chi connectivity index (χ2v) is 8.70. The smallest absolute Gasteiger partial charge is 0.257 e. The van der Waals surface area contributed by atoms with E-state index < -0.39 is 5.54 Å². The minimum atomic E-state index is -0.942. The van der Waals surface area contributed by atoms with Crippen LogP contribution in [-0.2, 0) is 11.2 Å². The van der Waals surface area contributed by atoms with Gasteiger partial charge in [-0.05, 0) is 37.8 Å². The molecule has 33 heavy (non-hydrogen) atoms. The van der Waals surface area contributed by atoms with Crippen molar-refractivity contribution in [2.75, 3.05) is 37.9 Å². The number of nitrogens with one attached hydrogen (secondary N) is 3. The van der Waals surface area contributed by atoms with Crippen LogP contribution in [0.25, 0.3) is 5.65 Å². The van der Waals surface area contributed by atoms with E-state index in [0.29, 0.717) is 42.4 Å². The van der Waals surface area contributed by atoms with Gasteiger partial charge in [-0.3, -0.25) is 9.59 Å². The van der Waals surface area contributed by atoms with E-state index in [-0.39, 0.29) is 11.8 Å². The van der Waals surface area contributed by atoms with Gasteiger partial charge in [-0.25, -0.2) is 4.98 Å². The topological polar surface area (TPSA) is 113 Å². The van der Waals surface area contributed by atoms with Crippen molar-refractivity contribution in [2.24, 2.45) is 0 Å². The van der Waals surface area contributed by atoms with Gasteiger partial charge in [-0.15, -0.1) is 0 Å². The molecule has 10 heteroatoms. The van der Waals surface area contributed by atoms with E-state index >= 15 is 0 Å². The number of likely N-dealkylation sites (N-methyl/N-ethyl adjacent to an activating group) is 1. The molecular weight excluding hydrogens is 422 g/mol. The lowest BCUT2D eigenvalue weighted by atomic mass is 10.0. The monoisotopic (exact) mass is 449 g/mol. The molecular formula is C23H27N7O3. The SMILES string of the molecule is CNc1cc(Nc2cccc3c2OCCC3)nc2c(C(=O)N[C@]3(C)CCN(C)C3=O)cnn12. The Hall–Kier alpha value is -3.82. The number of aryl methyl sites for hydroxylation is 1. The van der Waals surface area contributed by atoms with Crippen LogP contribution in [-0.4, -0.2) is 64.1 Å². The number of hydrogen-bond donors (Lipinski definition) is 3. The molecule has 2 amide bonds. The summed E-state index contributed by atoms with van der Waals surface area (Å²) in [6, 6.07) is 7.82. The van der Waals surface area contributed by atoms with Gasteiger partial charge < -0.3 is 25.6 Å². The Morgan fingerprint density at radius 3 is 2.91 bits per heavy atom. The van der Waals surface area contributed by atoms with Gasteiger partial charge in [0.05, 0.1) is 18.5 Å². The summed E-state index contributed by atoms with van der Waals surface area (Å²) in [6.45, 7) is 3.03. The Kier molecular flexibility index (Phi) is 5.07. The van der Waals surface area contributed by atoms with Crippen molar-refractivity contribution >= 4 is 34.8 Å². The fourth-order valence-corrected chi connectivity index (χ4v) is 4.45. The second-order valence-electron chi connectivity index (χ2n) is 8.70. The Balaban J connectivity index is 1.49. The number of fused-ring (bicyclic) bond motifs is 2. The van der Waals surface area contributed by atoms with Gasteiger partial charge in [-0.1, -0.05) is 12.1 Å². The third kappa shape index (κ3) is 3.61. The summed E-state index contributed by atoms with van der Waals surface area (Å²) in [5.74, 6) is 1.55. The van der Waals surface area contributed by atoms with Crippen molar-refractivity contribution in [3.63, 3.8) is 0 Å². The van der Waals surface area contributed by atoms with E-state index in [9.17, 15) is 9.59 Å². The number of aromatic nitrogens is 3. The quantitative estimate of drug-likeness (QED) is 0.547. The highest BCUT2D eigenvalue weighted by Crippen LogP contribution is 2.35. The molecule has 172 valence electrons. The molecule has 4 heterocycles. The molecule has 1 saturated heterocycles. The van der Waals surface area contributed by atoms with Crippen LogP contribution in [0.15, 0.2) is 30.5 Å². The van der Waals surface area contributed by atoms with Crippen LogP contribution in [0.3, 0.4) is 0 Å². The first kappa shape index (κ1) is 21.0. The first-order valence-electron chi connectivity index (χ1n) is 11.1. The van der Waals surface area contributed by atoms with Crippen LogP contribution < -0.4 is 20.7 Å². The third-order valence-corrected chi connectivity index (χ3v) is 6.32. The molecule has 10 nitrogen and oxygen atoms in total. The number of hydrogen-bond acceptors (Lipinski definition) is 7. The summed E-state index contributed by atoms with van der Waals surface area (Å²) in [5.41, 5.74) is 1.72. The Labute approximate surface area is 191 Å². The number of benzene rings is 1. The first-order chi connectivity index (χ1) is 15.9. The van der Waals surface area contributed by atoms with E-state index in [1.54, 1.807) is 30.4 Å². The summed E-state index contributed by atoms with van der Waals surface area (Å²) in [6.07, 6.45) is 3.99. The molecule has 2 aliphatic rings. The molecule has 0 spiro atoms. The van der Waals surface area contributed by atoms with Crippen LogP contribution in [0, 0.1) is 0 Å². The van der Waals surface area contributed by atoms with E-state index in [1.165, 1.54) is 6.20 Å². The van der Waals surface area contributed by atoms with Crippen molar-refractivity contribution in [1.29, 1.82) is 0 Å². The molecule has 0 radical (unpaired) electrons. The van der Waals surface area contributed by atoms with E-state index in [1.807, 2.05) is 18.2 Å².